The molecule has 2 atom stereocenters. The molecule has 96 valence electrons. The van der Waals surface area contributed by atoms with Crippen molar-refractivity contribution in [3.05, 3.63) is 18.2 Å². The molecule has 0 saturated heterocycles. The first-order valence-electron chi connectivity index (χ1n) is 6.14. The molecule has 0 radical (unpaired) electrons. The highest BCUT2D eigenvalue weighted by Gasteiger charge is 2.25. The van der Waals surface area contributed by atoms with Gasteiger partial charge in [0.05, 0.1) is 18.6 Å². The van der Waals surface area contributed by atoms with Gasteiger partial charge in [-0.15, -0.1) is 0 Å². The van der Waals surface area contributed by atoms with Gasteiger partial charge in [0.25, 0.3) is 0 Å². The second-order valence-electron chi connectivity index (χ2n) is 4.65. The summed E-state index contributed by atoms with van der Waals surface area (Å²) in [5, 5.41) is 13.0. The van der Waals surface area contributed by atoms with E-state index >= 15 is 0 Å². The highest BCUT2D eigenvalue weighted by molar-refractivity contribution is 7.99. The van der Waals surface area contributed by atoms with Crippen molar-refractivity contribution in [1.29, 1.82) is 0 Å². The van der Waals surface area contributed by atoms with Crippen LogP contribution in [0.5, 0.6) is 0 Å². The maximum atomic E-state index is 9.23. The standard InChI is InChI=1S/C12H21N3OS/c1-9(12(7-16)17-2)14-6-11-5-13-8-15(11)10-3-4-10/h5,8-10,12,14,16H,3-4,6-7H2,1-2H3. The molecule has 0 amide bonds. The maximum absolute atomic E-state index is 9.23. The Hall–Kier alpha value is -0.520. The lowest BCUT2D eigenvalue weighted by Crippen LogP contribution is -2.37. The first kappa shape index (κ1) is 12.9. The van der Waals surface area contributed by atoms with E-state index in [9.17, 15) is 5.11 Å². The SMILES string of the molecule is CSC(CO)C(C)NCc1cncn1C1CC1. The molecule has 1 aliphatic carbocycles. The number of rotatable bonds is 7. The fourth-order valence-electron chi connectivity index (χ4n) is 1.98. The van der Waals surface area contributed by atoms with E-state index in [0.29, 0.717) is 12.1 Å². The van der Waals surface area contributed by atoms with E-state index in [-0.39, 0.29) is 11.9 Å². The summed E-state index contributed by atoms with van der Waals surface area (Å²) in [6.07, 6.45) is 8.46. The summed E-state index contributed by atoms with van der Waals surface area (Å²) in [6, 6.07) is 0.983. The summed E-state index contributed by atoms with van der Waals surface area (Å²) in [7, 11) is 0. The molecule has 2 rings (SSSR count). The van der Waals surface area contributed by atoms with Crippen LogP contribution in [-0.2, 0) is 6.54 Å². The Morgan fingerprint density at radius 3 is 3.00 bits per heavy atom. The van der Waals surface area contributed by atoms with Crippen LogP contribution in [-0.4, -0.2) is 38.8 Å². The molecule has 0 spiro atoms. The van der Waals surface area contributed by atoms with E-state index in [1.165, 1.54) is 18.5 Å². The lowest BCUT2D eigenvalue weighted by molar-refractivity contribution is 0.275. The summed E-state index contributed by atoms with van der Waals surface area (Å²) in [5.41, 5.74) is 1.25. The molecule has 2 unspecified atom stereocenters. The predicted molar refractivity (Wildman–Crippen MR) is 71.2 cm³/mol. The zero-order chi connectivity index (χ0) is 12.3. The Morgan fingerprint density at radius 1 is 1.65 bits per heavy atom. The quantitative estimate of drug-likeness (QED) is 0.773. The lowest BCUT2D eigenvalue weighted by atomic mass is 10.2. The van der Waals surface area contributed by atoms with Crippen molar-refractivity contribution >= 4 is 11.8 Å². The van der Waals surface area contributed by atoms with Gasteiger partial charge < -0.3 is 15.0 Å². The molecule has 17 heavy (non-hydrogen) atoms. The van der Waals surface area contributed by atoms with Gasteiger partial charge in [0, 0.05) is 30.1 Å². The Morgan fingerprint density at radius 2 is 2.41 bits per heavy atom. The summed E-state index contributed by atoms with van der Waals surface area (Å²) in [6.45, 7) is 3.17. The highest BCUT2D eigenvalue weighted by atomic mass is 32.2. The van der Waals surface area contributed by atoms with Gasteiger partial charge in [-0.25, -0.2) is 4.98 Å². The molecule has 2 N–H and O–H groups in total. The van der Waals surface area contributed by atoms with E-state index in [1.54, 1.807) is 11.8 Å². The van der Waals surface area contributed by atoms with Gasteiger partial charge in [-0.1, -0.05) is 0 Å². The van der Waals surface area contributed by atoms with Gasteiger partial charge >= 0.3 is 0 Å². The molecule has 1 aromatic rings. The molecule has 5 heteroatoms. The molecule has 0 aliphatic heterocycles. The molecule has 1 aliphatic rings. The van der Waals surface area contributed by atoms with E-state index in [0.717, 1.165) is 6.54 Å². The fourth-order valence-corrected chi connectivity index (χ4v) is 2.64. The van der Waals surface area contributed by atoms with Crippen molar-refractivity contribution < 1.29 is 5.11 Å². The third kappa shape index (κ3) is 3.24. The third-order valence-electron chi connectivity index (χ3n) is 3.33. The van der Waals surface area contributed by atoms with Gasteiger partial charge in [-0.05, 0) is 26.0 Å². The second kappa shape index (κ2) is 5.89. The lowest BCUT2D eigenvalue weighted by Gasteiger charge is -2.21. The number of aromatic nitrogens is 2. The molecule has 4 nitrogen and oxygen atoms in total. The van der Waals surface area contributed by atoms with E-state index in [2.05, 4.69) is 21.8 Å². The molecule has 1 aromatic heterocycles. The Bertz CT molecular complexity index is 347. The number of aliphatic hydroxyl groups excluding tert-OH is 1. The van der Waals surface area contributed by atoms with Crippen LogP contribution in [0.4, 0.5) is 0 Å². The Labute approximate surface area is 107 Å². The smallest absolute Gasteiger partial charge is 0.0951 e. The number of nitrogens with one attached hydrogen (secondary N) is 1. The van der Waals surface area contributed by atoms with Crippen LogP contribution in [0.1, 0.15) is 31.5 Å². The van der Waals surface area contributed by atoms with Crippen LogP contribution in [0.15, 0.2) is 12.5 Å². The number of imidazole rings is 1. The summed E-state index contributed by atoms with van der Waals surface area (Å²) < 4.78 is 2.27. The number of aliphatic hydroxyl groups is 1. The minimum atomic E-state index is 0.219. The minimum Gasteiger partial charge on any atom is -0.395 e. The van der Waals surface area contributed by atoms with Gasteiger partial charge in [-0.3, -0.25) is 0 Å². The monoisotopic (exact) mass is 255 g/mol. The van der Waals surface area contributed by atoms with Crippen molar-refractivity contribution in [2.75, 3.05) is 12.9 Å². The number of hydrogen-bond acceptors (Lipinski definition) is 4. The molecule has 1 heterocycles. The topological polar surface area (TPSA) is 50.1 Å². The van der Waals surface area contributed by atoms with Crippen LogP contribution in [0.3, 0.4) is 0 Å². The van der Waals surface area contributed by atoms with E-state index < -0.39 is 0 Å². The fraction of sp³-hybridized carbons (Fsp3) is 0.750. The molecule has 0 bridgehead atoms. The zero-order valence-corrected chi connectivity index (χ0v) is 11.3. The third-order valence-corrected chi connectivity index (χ3v) is 4.49. The number of nitrogens with zero attached hydrogens (tertiary/aromatic N) is 2. The maximum Gasteiger partial charge on any atom is 0.0951 e. The second-order valence-corrected chi connectivity index (χ2v) is 5.73. The van der Waals surface area contributed by atoms with Crippen LogP contribution in [0, 0.1) is 0 Å². The predicted octanol–water partition coefficient (Wildman–Crippen LogP) is 1.42. The van der Waals surface area contributed by atoms with Crippen molar-refractivity contribution in [1.82, 2.24) is 14.9 Å². The first-order chi connectivity index (χ1) is 8.26. The van der Waals surface area contributed by atoms with Gasteiger partial charge in [0.2, 0.25) is 0 Å². The molecule has 1 fully saturated rings. The minimum absolute atomic E-state index is 0.219. The van der Waals surface area contributed by atoms with E-state index in [1.807, 2.05) is 18.8 Å². The molecular weight excluding hydrogens is 234 g/mol. The summed E-state index contributed by atoms with van der Waals surface area (Å²) in [4.78, 5) is 4.21. The van der Waals surface area contributed by atoms with Crippen LogP contribution in [0.25, 0.3) is 0 Å². The van der Waals surface area contributed by atoms with Crippen LogP contribution >= 0.6 is 11.8 Å². The summed E-state index contributed by atoms with van der Waals surface area (Å²) >= 11 is 1.70. The number of thioether (sulfide) groups is 1. The van der Waals surface area contributed by atoms with Crippen molar-refractivity contribution in [2.24, 2.45) is 0 Å². The van der Waals surface area contributed by atoms with Crippen LogP contribution < -0.4 is 5.32 Å². The zero-order valence-electron chi connectivity index (χ0n) is 10.5. The first-order valence-corrected chi connectivity index (χ1v) is 7.42. The van der Waals surface area contributed by atoms with Crippen molar-refractivity contribution in [3.8, 4) is 0 Å². The van der Waals surface area contributed by atoms with Gasteiger partial charge in [-0.2, -0.15) is 11.8 Å². The Balaban J connectivity index is 1.86. The largest absolute Gasteiger partial charge is 0.395 e. The van der Waals surface area contributed by atoms with Crippen molar-refractivity contribution in [3.63, 3.8) is 0 Å². The van der Waals surface area contributed by atoms with Gasteiger partial charge in [0.15, 0.2) is 0 Å². The summed E-state index contributed by atoms with van der Waals surface area (Å²) in [5.74, 6) is 0. The molecular formula is C12H21N3OS. The van der Waals surface area contributed by atoms with Crippen molar-refractivity contribution in [2.45, 2.75) is 43.6 Å². The van der Waals surface area contributed by atoms with Gasteiger partial charge in [0.1, 0.15) is 0 Å². The Kier molecular flexibility index (Phi) is 4.48. The van der Waals surface area contributed by atoms with E-state index in [4.69, 9.17) is 0 Å². The van der Waals surface area contributed by atoms with Crippen LogP contribution in [0.2, 0.25) is 0 Å². The average Bonchev–Trinajstić information content (AvgIpc) is 3.07. The normalized spacial score (nSPS) is 19.2. The number of hydrogen-bond donors (Lipinski definition) is 2. The average molecular weight is 255 g/mol. The highest BCUT2D eigenvalue weighted by Crippen LogP contribution is 2.35. The molecule has 0 aromatic carbocycles. The molecule has 1 saturated carbocycles.